The number of hydrogen-bond donors (Lipinski definition) is 1. The van der Waals surface area contributed by atoms with Gasteiger partial charge in [-0.1, -0.05) is 11.6 Å². The summed E-state index contributed by atoms with van der Waals surface area (Å²) in [4.78, 5) is 7.98. The first kappa shape index (κ1) is 15.7. The van der Waals surface area contributed by atoms with Crippen molar-refractivity contribution in [2.24, 2.45) is 0 Å². The van der Waals surface area contributed by atoms with E-state index >= 15 is 0 Å². The van der Waals surface area contributed by atoms with E-state index in [1.807, 2.05) is 13.0 Å². The van der Waals surface area contributed by atoms with Gasteiger partial charge in [-0.3, -0.25) is 0 Å². The zero-order valence-corrected chi connectivity index (χ0v) is 13.8. The van der Waals surface area contributed by atoms with Crippen LogP contribution in [0.4, 0.5) is 5.82 Å². The zero-order valence-electron chi connectivity index (χ0n) is 13.1. The van der Waals surface area contributed by atoms with Crippen molar-refractivity contribution in [2.75, 3.05) is 32.2 Å². The van der Waals surface area contributed by atoms with Crippen LogP contribution < -0.4 is 19.5 Å². The Balaban J connectivity index is 1.76. The Morgan fingerprint density at radius 1 is 1.26 bits per heavy atom. The van der Waals surface area contributed by atoms with Gasteiger partial charge in [-0.2, -0.15) is 0 Å². The van der Waals surface area contributed by atoms with Gasteiger partial charge < -0.3 is 19.5 Å². The van der Waals surface area contributed by atoms with Gasteiger partial charge in [0.1, 0.15) is 36.3 Å². The molecule has 2 aromatic rings. The van der Waals surface area contributed by atoms with Crippen molar-refractivity contribution in [1.29, 1.82) is 0 Å². The molecule has 0 fully saturated rings. The van der Waals surface area contributed by atoms with E-state index in [9.17, 15) is 0 Å². The molecule has 1 aliphatic heterocycles. The molecule has 3 rings (SSSR count). The molecule has 122 valence electrons. The Kier molecular flexibility index (Phi) is 4.71. The van der Waals surface area contributed by atoms with E-state index < -0.39 is 0 Å². The quantitative estimate of drug-likeness (QED) is 0.848. The summed E-state index contributed by atoms with van der Waals surface area (Å²) in [5, 5.41) is 3.64. The Morgan fingerprint density at radius 3 is 2.87 bits per heavy atom. The summed E-state index contributed by atoms with van der Waals surface area (Å²) in [6.07, 6.45) is 2.19. The molecular weight excluding hydrogens is 318 g/mol. The minimum absolute atomic E-state index is 0.413. The lowest BCUT2D eigenvalue weighted by molar-refractivity contribution is 0.169. The average Bonchev–Trinajstić information content (AvgIpc) is 2.57. The van der Waals surface area contributed by atoms with Crippen molar-refractivity contribution in [1.82, 2.24) is 9.97 Å². The maximum Gasteiger partial charge on any atom is 0.165 e. The maximum absolute atomic E-state index is 5.85. The average molecular weight is 336 g/mol. The molecule has 0 radical (unpaired) electrons. The second kappa shape index (κ2) is 6.91. The Bertz CT molecular complexity index is 709. The van der Waals surface area contributed by atoms with Crippen molar-refractivity contribution in [3.05, 3.63) is 34.7 Å². The summed E-state index contributed by atoms with van der Waals surface area (Å²) in [6, 6.07) is 3.58. The number of nitrogens with zero attached hydrogens (tertiary/aromatic N) is 2. The van der Waals surface area contributed by atoms with Crippen LogP contribution in [0.2, 0.25) is 5.15 Å². The molecule has 0 saturated carbocycles. The summed E-state index contributed by atoms with van der Waals surface area (Å²) in [7, 11) is 1.66. The fraction of sp³-hybridized carbons (Fsp3) is 0.375. The first-order valence-electron chi connectivity index (χ1n) is 7.36. The number of hydrogen-bond acceptors (Lipinski definition) is 6. The fourth-order valence-electron chi connectivity index (χ4n) is 2.60. The number of rotatable bonds is 5. The highest BCUT2D eigenvalue weighted by Gasteiger charge is 2.20. The number of nitrogens with one attached hydrogen (secondary N) is 1. The van der Waals surface area contributed by atoms with Gasteiger partial charge in [-0.15, -0.1) is 0 Å². The Labute approximate surface area is 139 Å². The summed E-state index contributed by atoms with van der Waals surface area (Å²) in [6.45, 7) is 3.83. The molecule has 0 unspecified atom stereocenters. The summed E-state index contributed by atoms with van der Waals surface area (Å²) < 4.78 is 16.9. The van der Waals surface area contributed by atoms with Crippen LogP contribution in [0.15, 0.2) is 18.5 Å². The molecule has 0 amide bonds. The van der Waals surface area contributed by atoms with Crippen LogP contribution in [0.5, 0.6) is 17.2 Å². The van der Waals surface area contributed by atoms with Crippen LogP contribution in [0, 0.1) is 6.92 Å². The monoisotopic (exact) mass is 335 g/mol. The van der Waals surface area contributed by atoms with Gasteiger partial charge in [0.25, 0.3) is 0 Å². The van der Waals surface area contributed by atoms with Gasteiger partial charge in [0.05, 0.1) is 7.11 Å². The molecule has 0 aliphatic carbocycles. The molecule has 0 atom stereocenters. The summed E-state index contributed by atoms with van der Waals surface area (Å²) >= 11 is 5.85. The van der Waals surface area contributed by atoms with Crippen LogP contribution in [-0.4, -0.2) is 36.8 Å². The van der Waals surface area contributed by atoms with Crippen molar-refractivity contribution in [3.63, 3.8) is 0 Å². The molecule has 6 nitrogen and oxygen atoms in total. The number of halogens is 1. The highest BCUT2D eigenvalue weighted by Crippen LogP contribution is 2.40. The van der Waals surface area contributed by atoms with Crippen LogP contribution in [0.3, 0.4) is 0 Å². The van der Waals surface area contributed by atoms with Crippen LogP contribution in [0.25, 0.3) is 0 Å². The number of ether oxygens (including phenoxy) is 3. The van der Waals surface area contributed by atoms with Gasteiger partial charge in [0.2, 0.25) is 0 Å². The number of benzene rings is 1. The minimum atomic E-state index is 0.413. The smallest absolute Gasteiger partial charge is 0.165 e. The van der Waals surface area contributed by atoms with Crippen LogP contribution in [-0.2, 0) is 6.42 Å². The lowest BCUT2D eigenvalue weighted by atomic mass is 10.0. The lowest BCUT2D eigenvalue weighted by Gasteiger charge is -2.23. The normalized spacial score (nSPS) is 12.8. The first-order valence-corrected chi connectivity index (χ1v) is 7.74. The lowest BCUT2D eigenvalue weighted by Crippen LogP contribution is -2.17. The van der Waals surface area contributed by atoms with Crippen molar-refractivity contribution in [2.45, 2.75) is 13.3 Å². The third-order valence-electron chi connectivity index (χ3n) is 3.70. The van der Waals surface area contributed by atoms with Crippen molar-refractivity contribution >= 4 is 17.4 Å². The predicted octanol–water partition coefficient (Wildman–Crippen LogP) is 2.87. The molecule has 7 heteroatoms. The molecule has 0 saturated heterocycles. The largest absolute Gasteiger partial charge is 0.496 e. The molecular formula is C16H18ClN3O3. The van der Waals surface area contributed by atoms with E-state index in [1.54, 1.807) is 13.2 Å². The first-order chi connectivity index (χ1) is 11.2. The maximum atomic E-state index is 5.85. The van der Waals surface area contributed by atoms with Crippen molar-refractivity contribution in [3.8, 4) is 17.2 Å². The molecule has 2 heterocycles. The van der Waals surface area contributed by atoms with Crippen LogP contribution in [0.1, 0.15) is 11.1 Å². The van der Waals surface area contributed by atoms with E-state index in [0.717, 1.165) is 34.8 Å². The zero-order chi connectivity index (χ0) is 16.2. The third-order valence-corrected chi connectivity index (χ3v) is 3.91. The van der Waals surface area contributed by atoms with E-state index in [1.165, 1.54) is 6.33 Å². The molecule has 1 aromatic heterocycles. The second-order valence-electron chi connectivity index (χ2n) is 5.11. The van der Waals surface area contributed by atoms with E-state index in [4.69, 9.17) is 25.8 Å². The topological polar surface area (TPSA) is 65.5 Å². The number of aromatic nitrogens is 2. The van der Waals surface area contributed by atoms with E-state index in [-0.39, 0.29) is 0 Å². The number of anilines is 1. The standard InChI is InChI=1S/C16H18ClN3O3/c1-10-11(3-4-18-15-8-14(17)19-9-20-15)12(21-2)7-13-16(10)23-6-5-22-13/h7-9H,3-6H2,1-2H3,(H,18,19,20). The fourth-order valence-corrected chi connectivity index (χ4v) is 2.75. The molecule has 0 bridgehead atoms. The number of methoxy groups -OCH3 is 1. The molecule has 0 spiro atoms. The van der Waals surface area contributed by atoms with Gasteiger partial charge in [-0.05, 0) is 13.3 Å². The van der Waals surface area contributed by atoms with Gasteiger partial charge in [0, 0.05) is 29.8 Å². The molecule has 1 aromatic carbocycles. The van der Waals surface area contributed by atoms with Gasteiger partial charge in [-0.25, -0.2) is 9.97 Å². The number of fused-ring (bicyclic) bond motifs is 1. The minimum Gasteiger partial charge on any atom is -0.496 e. The summed E-state index contributed by atoms with van der Waals surface area (Å²) in [5.41, 5.74) is 2.13. The molecule has 23 heavy (non-hydrogen) atoms. The van der Waals surface area contributed by atoms with Gasteiger partial charge in [0.15, 0.2) is 11.5 Å². The van der Waals surface area contributed by atoms with Gasteiger partial charge >= 0.3 is 0 Å². The second-order valence-corrected chi connectivity index (χ2v) is 5.50. The van der Waals surface area contributed by atoms with Crippen LogP contribution >= 0.6 is 11.6 Å². The molecule has 1 aliphatic rings. The molecule has 1 N–H and O–H groups in total. The Morgan fingerprint density at radius 2 is 2.09 bits per heavy atom. The Hall–Kier alpha value is -2.21. The highest BCUT2D eigenvalue weighted by atomic mass is 35.5. The van der Waals surface area contributed by atoms with E-state index in [2.05, 4.69) is 15.3 Å². The SMILES string of the molecule is COc1cc2c(c(C)c1CCNc1cc(Cl)ncn1)OCCO2. The third kappa shape index (κ3) is 3.42. The summed E-state index contributed by atoms with van der Waals surface area (Å²) in [5.74, 6) is 3.04. The van der Waals surface area contributed by atoms with Crippen molar-refractivity contribution < 1.29 is 14.2 Å². The van der Waals surface area contributed by atoms with E-state index in [0.29, 0.717) is 30.7 Å². The highest BCUT2D eigenvalue weighted by molar-refractivity contribution is 6.29. The predicted molar refractivity (Wildman–Crippen MR) is 88.0 cm³/mol.